The molecule has 1 aliphatic carbocycles. The normalized spacial score (nSPS) is 30.8. The fourth-order valence-corrected chi connectivity index (χ4v) is 6.49. The van der Waals surface area contributed by atoms with Gasteiger partial charge in [0.1, 0.15) is 6.07 Å². The van der Waals surface area contributed by atoms with Gasteiger partial charge in [0.15, 0.2) is 0 Å². The SMILES string of the molecule is N#Cc1nc(-c2ccccc2)oc1N1CCCC2=C[C@@H]3C[C@@H](CN4CCCC[C@H]34)[C@@H]21. The maximum Gasteiger partial charge on any atom is 0.235 e. The van der Waals surface area contributed by atoms with E-state index < -0.39 is 0 Å². The fraction of sp³-hybridized carbons (Fsp3) is 0.520. The molecule has 154 valence electrons. The Labute approximate surface area is 178 Å². The minimum absolute atomic E-state index is 0.349. The number of hydrogen-bond donors (Lipinski definition) is 0. The van der Waals surface area contributed by atoms with Crippen LogP contribution in [0.25, 0.3) is 11.5 Å². The first-order chi connectivity index (χ1) is 14.8. The van der Waals surface area contributed by atoms with Crippen LogP contribution >= 0.6 is 0 Å². The second-order valence-corrected chi connectivity index (χ2v) is 9.35. The van der Waals surface area contributed by atoms with Crippen molar-refractivity contribution in [2.45, 2.75) is 50.6 Å². The highest BCUT2D eigenvalue weighted by Crippen LogP contribution is 2.46. The van der Waals surface area contributed by atoms with Gasteiger partial charge in [-0.1, -0.05) is 36.3 Å². The van der Waals surface area contributed by atoms with Gasteiger partial charge in [-0.15, -0.1) is 0 Å². The molecule has 4 aliphatic rings. The Kier molecular flexibility index (Phi) is 4.42. The van der Waals surface area contributed by atoms with E-state index in [1.807, 2.05) is 30.3 Å². The second kappa shape index (κ2) is 7.28. The molecule has 5 heteroatoms. The van der Waals surface area contributed by atoms with E-state index in [0.29, 0.717) is 35.3 Å². The van der Waals surface area contributed by atoms with Crippen molar-refractivity contribution in [1.82, 2.24) is 9.88 Å². The highest BCUT2D eigenvalue weighted by atomic mass is 16.4. The van der Waals surface area contributed by atoms with Gasteiger partial charge in [0.2, 0.25) is 17.5 Å². The summed E-state index contributed by atoms with van der Waals surface area (Å²) < 4.78 is 6.28. The molecule has 1 aromatic heterocycles. The second-order valence-electron chi connectivity index (χ2n) is 9.35. The van der Waals surface area contributed by atoms with Gasteiger partial charge in [0.25, 0.3) is 0 Å². The highest BCUT2D eigenvalue weighted by molar-refractivity contribution is 5.60. The Morgan fingerprint density at radius 2 is 2.00 bits per heavy atom. The summed E-state index contributed by atoms with van der Waals surface area (Å²) in [7, 11) is 0. The first-order valence-electron chi connectivity index (χ1n) is 11.5. The zero-order valence-electron chi connectivity index (χ0n) is 17.3. The molecule has 3 aliphatic heterocycles. The van der Waals surface area contributed by atoms with E-state index in [1.165, 1.54) is 45.2 Å². The molecule has 2 bridgehead atoms. The Balaban J connectivity index is 1.38. The topological polar surface area (TPSA) is 56.3 Å². The van der Waals surface area contributed by atoms with Gasteiger partial charge in [-0.3, -0.25) is 4.90 Å². The predicted octanol–water partition coefficient (Wildman–Crippen LogP) is 4.61. The standard InChI is InChI=1S/C25H28N4O/c26-15-21-25(30-24(27-21)17-7-2-1-3-8-17)29-12-6-9-18-13-19-14-20(23(18)29)16-28-11-5-4-10-22(19)28/h1-3,7-8,13,19-20,22-23H,4-6,9-12,14,16H2/t19-,20+,22-,23-/m1/s1. The Morgan fingerprint density at radius 1 is 1.10 bits per heavy atom. The lowest BCUT2D eigenvalue weighted by molar-refractivity contribution is 0.0306. The smallest absolute Gasteiger partial charge is 0.235 e. The van der Waals surface area contributed by atoms with E-state index in [2.05, 4.69) is 26.9 Å². The molecular weight excluding hydrogens is 372 g/mol. The number of hydrogen-bond acceptors (Lipinski definition) is 5. The largest absolute Gasteiger partial charge is 0.419 e. The number of rotatable bonds is 2. The third-order valence-electron chi connectivity index (χ3n) is 7.65. The maximum atomic E-state index is 9.81. The predicted molar refractivity (Wildman–Crippen MR) is 116 cm³/mol. The average Bonchev–Trinajstić information content (AvgIpc) is 3.24. The van der Waals surface area contributed by atoms with Crippen LogP contribution < -0.4 is 4.90 Å². The zero-order chi connectivity index (χ0) is 20.1. The maximum absolute atomic E-state index is 9.81. The summed E-state index contributed by atoms with van der Waals surface area (Å²) in [5.41, 5.74) is 2.92. The van der Waals surface area contributed by atoms with E-state index in [1.54, 1.807) is 5.57 Å². The van der Waals surface area contributed by atoms with E-state index in [0.717, 1.165) is 24.6 Å². The number of aromatic nitrogens is 1. The van der Waals surface area contributed by atoms with Gasteiger partial charge in [-0.05, 0) is 62.6 Å². The minimum Gasteiger partial charge on any atom is -0.419 e. The lowest BCUT2D eigenvalue weighted by atomic mass is 9.68. The van der Waals surface area contributed by atoms with Crippen molar-refractivity contribution in [3.05, 3.63) is 47.7 Å². The van der Waals surface area contributed by atoms with Crippen molar-refractivity contribution < 1.29 is 4.42 Å². The Morgan fingerprint density at radius 3 is 2.87 bits per heavy atom. The number of piperidine rings is 3. The molecule has 0 unspecified atom stereocenters. The van der Waals surface area contributed by atoms with Crippen molar-refractivity contribution in [3.63, 3.8) is 0 Å². The summed E-state index contributed by atoms with van der Waals surface area (Å²) in [6, 6.07) is 13.3. The number of fused-ring (bicyclic) bond motifs is 6. The molecule has 4 atom stereocenters. The quantitative estimate of drug-likeness (QED) is 0.689. The highest BCUT2D eigenvalue weighted by Gasteiger charge is 2.47. The van der Waals surface area contributed by atoms with Crippen LogP contribution in [0.2, 0.25) is 0 Å². The average molecular weight is 401 g/mol. The van der Waals surface area contributed by atoms with Crippen molar-refractivity contribution in [3.8, 4) is 17.5 Å². The summed E-state index contributed by atoms with van der Waals surface area (Å²) in [6.07, 6.45) is 10.2. The summed E-state index contributed by atoms with van der Waals surface area (Å²) in [5.74, 6) is 2.54. The van der Waals surface area contributed by atoms with Crippen LogP contribution in [0.3, 0.4) is 0 Å². The first-order valence-corrected chi connectivity index (χ1v) is 11.5. The van der Waals surface area contributed by atoms with E-state index in [9.17, 15) is 5.26 Å². The monoisotopic (exact) mass is 400 g/mol. The zero-order valence-corrected chi connectivity index (χ0v) is 17.3. The van der Waals surface area contributed by atoms with Crippen LogP contribution in [0.4, 0.5) is 5.88 Å². The van der Waals surface area contributed by atoms with Gasteiger partial charge in [-0.2, -0.15) is 10.2 Å². The molecule has 3 fully saturated rings. The lowest BCUT2D eigenvalue weighted by Gasteiger charge is -2.54. The third-order valence-corrected chi connectivity index (χ3v) is 7.65. The van der Waals surface area contributed by atoms with Gasteiger partial charge >= 0.3 is 0 Å². The number of benzene rings is 1. The van der Waals surface area contributed by atoms with Crippen molar-refractivity contribution in [1.29, 1.82) is 5.26 Å². The Hall–Kier alpha value is -2.58. The number of nitrogens with zero attached hydrogens (tertiary/aromatic N) is 4. The molecule has 5 nitrogen and oxygen atoms in total. The molecule has 3 saturated heterocycles. The van der Waals surface area contributed by atoms with Crippen LogP contribution in [0.5, 0.6) is 0 Å². The molecule has 0 spiro atoms. The van der Waals surface area contributed by atoms with E-state index >= 15 is 0 Å². The molecule has 1 aromatic carbocycles. The number of oxazole rings is 1. The van der Waals surface area contributed by atoms with Crippen LogP contribution in [0.15, 0.2) is 46.4 Å². The van der Waals surface area contributed by atoms with Gasteiger partial charge in [0.05, 0.1) is 6.04 Å². The van der Waals surface area contributed by atoms with Crippen LogP contribution in [0.1, 0.15) is 44.2 Å². The molecule has 0 saturated carbocycles. The number of anilines is 1. The van der Waals surface area contributed by atoms with Crippen LogP contribution in [-0.2, 0) is 0 Å². The molecule has 6 rings (SSSR count). The summed E-state index contributed by atoms with van der Waals surface area (Å²) in [4.78, 5) is 9.68. The Bertz CT molecular complexity index is 1000. The van der Waals surface area contributed by atoms with E-state index in [-0.39, 0.29) is 0 Å². The molecule has 0 radical (unpaired) electrons. The van der Waals surface area contributed by atoms with Crippen molar-refractivity contribution >= 4 is 5.88 Å². The molecule has 2 aromatic rings. The first kappa shape index (κ1) is 18.2. The summed E-state index contributed by atoms with van der Waals surface area (Å²) in [5, 5.41) is 9.81. The lowest BCUT2D eigenvalue weighted by Crippen LogP contribution is -2.59. The van der Waals surface area contributed by atoms with Crippen LogP contribution in [0, 0.1) is 23.2 Å². The van der Waals surface area contributed by atoms with Crippen molar-refractivity contribution in [2.75, 3.05) is 24.5 Å². The summed E-state index contributed by atoms with van der Waals surface area (Å²) in [6.45, 7) is 3.36. The fourth-order valence-electron chi connectivity index (χ4n) is 6.49. The van der Waals surface area contributed by atoms with Gasteiger partial charge < -0.3 is 9.32 Å². The van der Waals surface area contributed by atoms with Gasteiger partial charge in [0, 0.05) is 24.7 Å². The third kappa shape index (κ3) is 2.89. The number of nitriles is 1. The minimum atomic E-state index is 0.349. The molecule has 0 amide bonds. The molecule has 0 N–H and O–H groups in total. The molecular formula is C25H28N4O. The van der Waals surface area contributed by atoms with E-state index in [4.69, 9.17) is 4.42 Å². The van der Waals surface area contributed by atoms with Crippen LogP contribution in [-0.4, -0.2) is 41.6 Å². The van der Waals surface area contributed by atoms with Crippen molar-refractivity contribution in [2.24, 2.45) is 11.8 Å². The van der Waals surface area contributed by atoms with Gasteiger partial charge in [-0.25, -0.2) is 0 Å². The molecule has 30 heavy (non-hydrogen) atoms. The molecule has 4 heterocycles. The summed E-state index contributed by atoms with van der Waals surface area (Å²) >= 11 is 0.